The van der Waals surface area contributed by atoms with E-state index < -0.39 is 0 Å². The number of benzene rings is 1. The molecule has 0 atom stereocenters. The van der Waals surface area contributed by atoms with E-state index in [1.165, 1.54) is 0 Å². The minimum atomic E-state index is 0.426. The van der Waals surface area contributed by atoms with Crippen LogP contribution in [0.25, 0.3) is 5.69 Å². The minimum Gasteiger partial charge on any atom is -0.385 e. The predicted molar refractivity (Wildman–Crippen MR) is 83.6 cm³/mol. The summed E-state index contributed by atoms with van der Waals surface area (Å²) in [6, 6.07) is 3.34. The quantitative estimate of drug-likeness (QED) is 0.633. The fourth-order valence-electron chi connectivity index (χ4n) is 1.74. The number of aromatic nitrogens is 2. The predicted octanol–water partition coefficient (Wildman–Crippen LogP) is 4.28. The summed E-state index contributed by atoms with van der Waals surface area (Å²) in [5.74, 6) is 0.696. The molecule has 108 valence electrons. The molecule has 0 saturated heterocycles. The van der Waals surface area contributed by atoms with E-state index in [9.17, 15) is 0 Å². The second-order valence-electron chi connectivity index (χ2n) is 4.11. The first kappa shape index (κ1) is 15.4. The van der Waals surface area contributed by atoms with Crippen molar-refractivity contribution in [2.75, 3.05) is 25.6 Å². The number of nitrogens with one attached hydrogen (secondary N) is 1. The van der Waals surface area contributed by atoms with Gasteiger partial charge in [-0.2, -0.15) is 0 Å². The lowest BCUT2D eigenvalue weighted by Gasteiger charge is -2.12. The van der Waals surface area contributed by atoms with Crippen molar-refractivity contribution >= 4 is 40.8 Å². The third kappa shape index (κ3) is 3.58. The van der Waals surface area contributed by atoms with Gasteiger partial charge in [0.2, 0.25) is 5.95 Å². The third-order valence-electron chi connectivity index (χ3n) is 2.70. The Morgan fingerprint density at radius 1 is 1.20 bits per heavy atom. The molecule has 0 unspecified atom stereocenters. The molecule has 4 nitrogen and oxygen atoms in total. The highest BCUT2D eigenvalue weighted by molar-refractivity contribution is 6.43. The van der Waals surface area contributed by atoms with Crippen molar-refractivity contribution in [1.82, 2.24) is 9.55 Å². The number of nitrogens with zero attached hydrogens (tertiary/aromatic N) is 2. The molecule has 2 rings (SSSR count). The number of hydrogen-bond donors (Lipinski definition) is 1. The normalized spacial score (nSPS) is 10.8. The Kier molecular flexibility index (Phi) is 5.54. The van der Waals surface area contributed by atoms with E-state index in [-0.39, 0.29) is 0 Å². The van der Waals surface area contributed by atoms with Crippen LogP contribution in [0.1, 0.15) is 6.42 Å². The summed E-state index contributed by atoms with van der Waals surface area (Å²) in [5.41, 5.74) is 0.729. The molecular weight excluding hydrogens is 321 g/mol. The van der Waals surface area contributed by atoms with Crippen LogP contribution in [0.5, 0.6) is 0 Å². The molecule has 0 aliphatic rings. The van der Waals surface area contributed by atoms with Gasteiger partial charge in [-0.3, -0.25) is 4.57 Å². The van der Waals surface area contributed by atoms with Crippen molar-refractivity contribution in [1.29, 1.82) is 0 Å². The van der Waals surface area contributed by atoms with Crippen molar-refractivity contribution in [3.63, 3.8) is 0 Å². The lowest BCUT2D eigenvalue weighted by atomic mass is 10.3. The SMILES string of the molecule is COCCCNc1nccn1-c1cc(Cl)c(Cl)cc1Cl. The summed E-state index contributed by atoms with van der Waals surface area (Å²) in [6.45, 7) is 1.45. The van der Waals surface area contributed by atoms with Gasteiger partial charge in [0.25, 0.3) is 0 Å². The average molecular weight is 335 g/mol. The first-order chi connectivity index (χ1) is 9.63. The lowest BCUT2D eigenvalue weighted by Crippen LogP contribution is -2.09. The second kappa shape index (κ2) is 7.18. The number of methoxy groups -OCH3 is 1. The molecular formula is C13H14Cl3N3O. The zero-order valence-corrected chi connectivity index (χ0v) is 13.1. The molecule has 1 aromatic carbocycles. The molecule has 0 spiro atoms. The molecule has 1 aromatic heterocycles. The fraction of sp³-hybridized carbons (Fsp3) is 0.308. The maximum absolute atomic E-state index is 6.21. The lowest BCUT2D eigenvalue weighted by molar-refractivity contribution is 0.197. The maximum Gasteiger partial charge on any atom is 0.207 e. The van der Waals surface area contributed by atoms with Gasteiger partial charge in [-0.05, 0) is 18.6 Å². The van der Waals surface area contributed by atoms with Crippen molar-refractivity contribution in [3.05, 3.63) is 39.6 Å². The van der Waals surface area contributed by atoms with E-state index in [0.29, 0.717) is 27.6 Å². The number of anilines is 1. The Hall–Kier alpha value is -0.940. The molecule has 20 heavy (non-hydrogen) atoms. The number of ether oxygens (including phenoxy) is 1. The molecule has 0 radical (unpaired) electrons. The topological polar surface area (TPSA) is 39.1 Å². The number of imidazole rings is 1. The monoisotopic (exact) mass is 333 g/mol. The van der Waals surface area contributed by atoms with Gasteiger partial charge in [-0.1, -0.05) is 34.8 Å². The van der Waals surface area contributed by atoms with Crippen LogP contribution in [0, 0.1) is 0 Å². The van der Waals surface area contributed by atoms with E-state index in [1.54, 1.807) is 25.4 Å². The summed E-state index contributed by atoms with van der Waals surface area (Å²) in [7, 11) is 1.68. The molecule has 0 aliphatic carbocycles. The molecule has 0 saturated carbocycles. The van der Waals surface area contributed by atoms with Gasteiger partial charge < -0.3 is 10.1 Å². The van der Waals surface area contributed by atoms with Gasteiger partial charge in [0.1, 0.15) is 0 Å². The Morgan fingerprint density at radius 2 is 1.95 bits per heavy atom. The zero-order valence-electron chi connectivity index (χ0n) is 10.9. The Morgan fingerprint density at radius 3 is 2.70 bits per heavy atom. The molecule has 2 aromatic rings. The largest absolute Gasteiger partial charge is 0.385 e. The third-order valence-corrected chi connectivity index (χ3v) is 3.72. The van der Waals surface area contributed by atoms with Gasteiger partial charge in [-0.15, -0.1) is 0 Å². The van der Waals surface area contributed by atoms with Gasteiger partial charge in [0.15, 0.2) is 0 Å². The van der Waals surface area contributed by atoms with E-state index >= 15 is 0 Å². The van der Waals surface area contributed by atoms with Gasteiger partial charge >= 0.3 is 0 Å². The van der Waals surface area contributed by atoms with E-state index in [4.69, 9.17) is 39.5 Å². The van der Waals surface area contributed by atoms with E-state index in [1.807, 2.05) is 10.8 Å². The van der Waals surface area contributed by atoms with Gasteiger partial charge in [0.05, 0.1) is 20.8 Å². The maximum atomic E-state index is 6.21. The smallest absolute Gasteiger partial charge is 0.207 e. The molecule has 0 aliphatic heterocycles. The Bertz CT molecular complexity index is 586. The minimum absolute atomic E-state index is 0.426. The summed E-state index contributed by atoms with van der Waals surface area (Å²) >= 11 is 18.2. The summed E-state index contributed by atoms with van der Waals surface area (Å²) in [4.78, 5) is 4.26. The van der Waals surface area contributed by atoms with Crippen molar-refractivity contribution in [2.45, 2.75) is 6.42 Å². The first-order valence-electron chi connectivity index (χ1n) is 6.04. The van der Waals surface area contributed by atoms with Crippen LogP contribution in [0.4, 0.5) is 5.95 Å². The van der Waals surface area contributed by atoms with Crippen molar-refractivity contribution in [2.24, 2.45) is 0 Å². The van der Waals surface area contributed by atoms with Crippen molar-refractivity contribution < 1.29 is 4.74 Å². The second-order valence-corrected chi connectivity index (χ2v) is 5.33. The standard InChI is InChI=1S/C13H14Cl3N3O/c1-20-6-2-3-17-13-18-4-5-19(13)12-8-10(15)9(14)7-11(12)16/h4-5,7-8H,2-3,6H2,1H3,(H,17,18). The van der Waals surface area contributed by atoms with E-state index in [2.05, 4.69) is 10.3 Å². The van der Waals surface area contributed by atoms with E-state index in [0.717, 1.165) is 18.7 Å². The Balaban J connectivity index is 2.21. The molecule has 0 amide bonds. The number of hydrogen-bond acceptors (Lipinski definition) is 3. The highest BCUT2D eigenvalue weighted by Crippen LogP contribution is 2.32. The van der Waals surface area contributed by atoms with Gasteiger partial charge in [0, 0.05) is 32.7 Å². The average Bonchev–Trinajstić information content (AvgIpc) is 2.87. The van der Waals surface area contributed by atoms with Crippen LogP contribution < -0.4 is 5.32 Å². The van der Waals surface area contributed by atoms with Crippen LogP contribution in [0.2, 0.25) is 15.1 Å². The fourth-order valence-corrected chi connectivity index (χ4v) is 2.37. The highest BCUT2D eigenvalue weighted by Gasteiger charge is 2.11. The zero-order chi connectivity index (χ0) is 14.5. The first-order valence-corrected chi connectivity index (χ1v) is 7.18. The molecule has 0 bridgehead atoms. The highest BCUT2D eigenvalue weighted by atomic mass is 35.5. The number of halogens is 3. The van der Waals surface area contributed by atoms with Gasteiger partial charge in [-0.25, -0.2) is 4.98 Å². The molecule has 1 heterocycles. The molecule has 0 fully saturated rings. The molecule has 7 heteroatoms. The van der Waals surface area contributed by atoms with Crippen LogP contribution in [0.3, 0.4) is 0 Å². The van der Waals surface area contributed by atoms with Crippen LogP contribution in [0.15, 0.2) is 24.5 Å². The van der Waals surface area contributed by atoms with Crippen molar-refractivity contribution in [3.8, 4) is 5.69 Å². The summed E-state index contributed by atoms with van der Waals surface area (Å²) in [5, 5.41) is 4.61. The Labute approximate surface area is 132 Å². The van der Waals surface area contributed by atoms with Crippen LogP contribution >= 0.6 is 34.8 Å². The summed E-state index contributed by atoms with van der Waals surface area (Å²) < 4.78 is 6.83. The molecule has 1 N–H and O–H groups in total. The van der Waals surface area contributed by atoms with Crippen LogP contribution in [-0.2, 0) is 4.74 Å². The number of rotatable bonds is 6. The summed E-state index contributed by atoms with van der Waals surface area (Å²) in [6.07, 6.45) is 4.39. The van der Waals surface area contributed by atoms with Crippen LogP contribution in [-0.4, -0.2) is 29.8 Å².